The van der Waals surface area contributed by atoms with Crippen molar-refractivity contribution < 1.29 is 9.90 Å². The quantitative estimate of drug-likeness (QED) is 0.793. The Morgan fingerprint density at radius 2 is 2.33 bits per heavy atom. The van der Waals surface area contributed by atoms with Gasteiger partial charge in [0.2, 0.25) is 0 Å². The van der Waals surface area contributed by atoms with Crippen LogP contribution in [-0.4, -0.2) is 16.8 Å². The number of carboxylic acid groups (broad SMARTS) is 1. The fourth-order valence-electron chi connectivity index (χ4n) is 1.13. The van der Waals surface area contributed by atoms with Crippen molar-refractivity contribution in [2.75, 3.05) is 5.75 Å². The van der Waals surface area contributed by atoms with E-state index in [1.54, 1.807) is 6.07 Å². The Labute approximate surface area is 92.7 Å². The van der Waals surface area contributed by atoms with Gasteiger partial charge < -0.3 is 5.11 Å². The van der Waals surface area contributed by atoms with Crippen LogP contribution in [0.4, 0.5) is 0 Å². The predicted octanol–water partition coefficient (Wildman–Crippen LogP) is 2.43. The highest BCUT2D eigenvalue weighted by Crippen LogP contribution is 2.23. The molecule has 0 atom stereocenters. The molecule has 0 aromatic heterocycles. The van der Waals surface area contributed by atoms with Crippen LogP contribution in [0, 0.1) is 18.3 Å². The molecule has 78 valence electrons. The average molecular weight is 221 g/mol. The maximum absolute atomic E-state index is 10.3. The molecule has 0 saturated carbocycles. The second-order valence-electron chi connectivity index (χ2n) is 3.08. The second kappa shape index (κ2) is 5.42. The molecule has 0 heterocycles. The van der Waals surface area contributed by atoms with Crippen LogP contribution in [0.25, 0.3) is 0 Å². The summed E-state index contributed by atoms with van der Waals surface area (Å²) in [6.45, 7) is 1.92. The van der Waals surface area contributed by atoms with Gasteiger partial charge in [-0.3, -0.25) is 4.79 Å². The van der Waals surface area contributed by atoms with Gasteiger partial charge in [-0.1, -0.05) is 0 Å². The van der Waals surface area contributed by atoms with Gasteiger partial charge in [-0.2, -0.15) is 5.26 Å². The molecule has 4 heteroatoms. The Kier molecular flexibility index (Phi) is 4.19. The number of thioether (sulfide) groups is 1. The van der Waals surface area contributed by atoms with Crippen molar-refractivity contribution >= 4 is 17.7 Å². The van der Waals surface area contributed by atoms with Gasteiger partial charge in [0, 0.05) is 10.6 Å². The van der Waals surface area contributed by atoms with Crippen molar-refractivity contribution in [2.24, 2.45) is 0 Å². The number of aliphatic carboxylic acids is 1. The van der Waals surface area contributed by atoms with E-state index < -0.39 is 5.97 Å². The summed E-state index contributed by atoms with van der Waals surface area (Å²) in [6.07, 6.45) is 0.157. The molecular formula is C11H11NO2S. The van der Waals surface area contributed by atoms with E-state index in [0.29, 0.717) is 11.3 Å². The lowest BCUT2D eigenvalue weighted by Gasteiger charge is -2.04. The molecule has 0 spiro atoms. The lowest BCUT2D eigenvalue weighted by atomic mass is 10.2. The van der Waals surface area contributed by atoms with E-state index in [1.807, 2.05) is 19.1 Å². The van der Waals surface area contributed by atoms with Crippen LogP contribution in [0.2, 0.25) is 0 Å². The molecule has 1 rings (SSSR count). The van der Waals surface area contributed by atoms with Gasteiger partial charge in [0.25, 0.3) is 0 Å². The molecular weight excluding hydrogens is 210 g/mol. The van der Waals surface area contributed by atoms with Crippen LogP contribution in [0.15, 0.2) is 23.1 Å². The van der Waals surface area contributed by atoms with E-state index in [9.17, 15) is 4.79 Å². The minimum atomic E-state index is -0.784. The molecule has 0 saturated heterocycles. The molecule has 3 nitrogen and oxygen atoms in total. The normalized spacial score (nSPS) is 9.60. The Bertz CT molecular complexity index is 410. The van der Waals surface area contributed by atoms with Crippen molar-refractivity contribution in [1.29, 1.82) is 5.26 Å². The molecule has 0 aliphatic rings. The topological polar surface area (TPSA) is 61.1 Å². The third-order valence-corrected chi connectivity index (χ3v) is 3.05. The Morgan fingerprint density at radius 1 is 1.60 bits per heavy atom. The zero-order valence-corrected chi connectivity index (χ0v) is 9.17. The molecule has 0 fully saturated rings. The van der Waals surface area contributed by atoms with Gasteiger partial charge in [0.15, 0.2) is 0 Å². The minimum Gasteiger partial charge on any atom is -0.481 e. The van der Waals surface area contributed by atoms with Crippen LogP contribution in [0.1, 0.15) is 17.5 Å². The fraction of sp³-hybridized carbons (Fsp3) is 0.273. The van der Waals surface area contributed by atoms with E-state index in [4.69, 9.17) is 10.4 Å². The van der Waals surface area contributed by atoms with Crippen LogP contribution >= 0.6 is 11.8 Å². The third kappa shape index (κ3) is 3.64. The van der Waals surface area contributed by atoms with E-state index in [2.05, 4.69) is 6.07 Å². The summed E-state index contributed by atoms with van der Waals surface area (Å²) in [4.78, 5) is 11.4. The van der Waals surface area contributed by atoms with Gasteiger partial charge in [0.05, 0.1) is 18.1 Å². The molecule has 1 aromatic rings. The first-order chi connectivity index (χ1) is 7.13. The molecule has 15 heavy (non-hydrogen) atoms. The second-order valence-corrected chi connectivity index (χ2v) is 4.22. The Hall–Kier alpha value is -1.47. The maximum Gasteiger partial charge on any atom is 0.304 e. The first kappa shape index (κ1) is 11.6. The summed E-state index contributed by atoms with van der Waals surface area (Å²) in [5.41, 5.74) is 1.65. The Morgan fingerprint density at radius 3 is 2.87 bits per heavy atom. The smallest absolute Gasteiger partial charge is 0.304 e. The fourth-order valence-corrected chi connectivity index (χ4v) is 2.08. The number of rotatable bonds is 4. The lowest BCUT2D eigenvalue weighted by molar-refractivity contribution is -0.136. The van der Waals surface area contributed by atoms with Crippen molar-refractivity contribution in [3.05, 3.63) is 29.3 Å². The first-order valence-corrected chi connectivity index (χ1v) is 5.47. The van der Waals surface area contributed by atoms with E-state index in [1.165, 1.54) is 11.8 Å². The minimum absolute atomic E-state index is 0.157. The molecule has 0 radical (unpaired) electrons. The SMILES string of the molecule is Cc1cc(C#N)ccc1SCCC(=O)O. The summed E-state index contributed by atoms with van der Waals surface area (Å²) < 4.78 is 0. The van der Waals surface area contributed by atoms with Gasteiger partial charge in [-0.25, -0.2) is 0 Å². The Balaban J connectivity index is 2.63. The lowest BCUT2D eigenvalue weighted by Crippen LogP contribution is -1.96. The van der Waals surface area contributed by atoms with Crippen LogP contribution in [0.5, 0.6) is 0 Å². The first-order valence-electron chi connectivity index (χ1n) is 4.49. The van der Waals surface area contributed by atoms with Gasteiger partial charge in [-0.15, -0.1) is 11.8 Å². The highest BCUT2D eigenvalue weighted by atomic mass is 32.2. The number of aryl methyl sites for hydroxylation is 1. The van der Waals surface area contributed by atoms with Crippen LogP contribution in [0.3, 0.4) is 0 Å². The summed E-state index contributed by atoms with van der Waals surface area (Å²) in [6, 6.07) is 7.48. The molecule has 0 aliphatic carbocycles. The molecule has 0 unspecified atom stereocenters. The van der Waals surface area contributed by atoms with Crippen molar-refractivity contribution in [2.45, 2.75) is 18.2 Å². The number of nitriles is 1. The third-order valence-electron chi connectivity index (χ3n) is 1.88. The summed E-state index contributed by atoms with van der Waals surface area (Å²) in [5.74, 6) is -0.226. The number of nitrogens with zero attached hydrogens (tertiary/aromatic N) is 1. The summed E-state index contributed by atoms with van der Waals surface area (Å²) >= 11 is 1.50. The van der Waals surface area contributed by atoms with Crippen LogP contribution in [-0.2, 0) is 4.79 Å². The van der Waals surface area contributed by atoms with E-state index in [0.717, 1.165) is 10.5 Å². The highest BCUT2D eigenvalue weighted by Gasteiger charge is 2.02. The zero-order valence-electron chi connectivity index (χ0n) is 8.36. The largest absolute Gasteiger partial charge is 0.481 e. The van der Waals surface area contributed by atoms with Crippen LogP contribution < -0.4 is 0 Å². The highest BCUT2D eigenvalue weighted by molar-refractivity contribution is 7.99. The van der Waals surface area contributed by atoms with Gasteiger partial charge in [-0.05, 0) is 30.7 Å². The van der Waals surface area contributed by atoms with E-state index in [-0.39, 0.29) is 6.42 Å². The number of carbonyl (C=O) groups is 1. The van der Waals surface area contributed by atoms with E-state index >= 15 is 0 Å². The molecule has 1 aromatic carbocycles. The maximum atomic E-state index is 10.3. The molecule has 1 N–H and O–H groups in total. The van der Waals surface area contributed by atoms with Crippen molar-refractivity contribution in [1.82, 2.24) is 0 Å². The monoisotopic (exact) mass is 221 g/mol. The summed E-state index contributed by atoms with van der Waals surface area (Å²) in [5, 5.41) is 17.2. The van der Waals surface area contributed by atoms with Gasteiger partial charge >= 0.3 is 5.97 Å². The average Bonchev–Trinajstić information content (AvgIpc) is 2.20. The number of benzene rings is 1. The van der Waals surface area contributed by atoms with Crippen molar-refractivity contribution in [3.63, 3.8) is 0 Å². The molecule has 0 aliphatic heterocycles. The predicted molar refractivity (Wildman–Crippen MR) is 58.9 cm³/mol. The van der Waals surface area contributed by atoms with Gasteiger partial charge in [0.1, 0.15) is 0 Å². The number of hydrogen-bond acceptors (Lipinski definition) is 3. The molecule has 0 bridgehead atoms. The molecule has 0 amide bonds. The number of carboxylic acids is 1. The van der Waals surface area contributed by atoms with Crippen molar-refractivity contribution in [3.8, 4) is 6.07 Å². The zero-order chi connectivity index (χ0) is 11.3. The standard InChI is InChI=1S/C11H11NO2S/c1-8-6-9(7-12)2-3-10(8)15-5-4-11(13)14/h2-3,6H,4-5H2,1H3,(H,13,14). The number of hydrogen-bond donors (Lipinski definition) is 1. The summed E-state index contributed by atoms with van der Waals surface area (Å²) in [7, 11) is 0.